The van der Waals surface area contributed by atoms with Gasteiger partial charge in [0.15, 0.2) is 11.6 Å². The van der Waals surface area contributed by atoms with Crippen LogP contribution >= 0.6 is 0 Å². The Morgan fingerprint density at radius 2 is 2.06 bits per heavy atom. The lowest BCUT2D eigenvalue weighted by Gasteiger charge is -2.06. The molecule has 0 bridgehead atoms. The number of anilines is 1. The fraction of sp³-hybridized carbons (Fsp3) is 0.182. The Labute approximate surface area is 90.9 Å². The molecule has 0 radical (unpaired) electrons. The zero-order valence-corrected chi connectivity index (χ0v) is 8.58. The molecule has 5 heteroatoms. The molecule has 0 unspecified atom stereocenters. The maximum atomic E-state index is 12.8. The van der Waals surface area contributed by atoms with E-state index in [1.54, 1.807) is 12.1 Å². The second-order valence-corrected chi connectivity index (χ2v) is 3.51. The highest BCUT2D eigenvalue weighted by Crippen LogP contribution is 2.32. The Hall–Kier alpha value is -1.91. The third-order valence-corrected chi connectivity index (χ3v) is 2.24. The van der Waals surface area contributed by atoms with Crippen molar-refractivity contribution in [2.75, 3.05) is 5.73 Å². The van der Waals surface area contributed by atoms with Crippen LogP contribution in [0.15, 0.2) is 28.8 Å². The molecule has 1 aromatic heterocycles. The van der Waals surface area contributed by atoms with Crippen LogP contribution in [0.4, 0.5) is 14.6 Å². The van der Waals surface area contributed by atoms with E-state index in [9.17, 15) is 8.78 Å². The standard InChI is InChI=1S/C11H10F2N2O/c1-6-2-3-7(11(12)13)8(4-6)9-5-10(14)15-16-9/h2-5,11H,1H3,(H2,14,15). The molecule has 0 aliphatic carbocycles. The normalized spacial score (nSPS) is 11.0. The number of aromatic nitrogens is 1. The van der Waals surface area contributed by atoms with Gasteiger partial charge in [-0.15, -0.1) is 0 Å². The Morgan fingerprint density at radius 3 is 2.62 bits per heavy atom. The Kier molecular flexibility index (Phi) is 2.60. The predicted molar refractivity (Wildman–Crippen MR) is 56.0 cm³/mol. The minimum absolute atomic E-state index is 0.0817. The first kappa shape index (κ1) is 10.6. The van der Waals surface area contributed by atoms with E-state index in [4.69, 9.17) is 10.3 Å². The van der Waals surface area contributed by atoms with Gasteiger partial charge in [-0.3, -0.25) is 0 Å². The van der Waals surface area contributed by atoms with Crippen molar-refractivity contribution in [2.45, 2.75) is 13.3 Å². The Morgan fingerprint density at radius 1 is 1.31 bits per heavy atom. The summed E-state index contributed by atoms with van der Waals surface area (Å²) >= 11 is 0. The fourth-order valence-electron chi connectivity index (χ4n) is 1.49. The second kappa shape index (κ2) is 3.92. The van der Waals surface area contributed by atoms with Crippen molar-refractivity contribution in [1.29, 1.82) is 0 Å². The van der Waals surface area contributed by atoms with Gasteiger partial charge in [0.2, 0.25) is 0 Å². The van der Waals surface area contributed by atoms with E-state index in [-0.39, 0.29) is 17.1 Å². The molecule has 0 aliphatic rings. The number of aryl methyl sites for hydroxylation is 1. The molecule has 84 valence electrons. The van der Waals surface area contributed by atoms with Gasteiger partial charge in [0, 0.05) is 17.2 Å². The van der Waals surface area contributed by atoms with Crippen molar-refractivity contribution >= 4 is 5.82 Å². The van der Waals surface area contributed by atoms with Gasteiger partial charge in [-0.1, -0.05) is 22.9 Å². The molecule has 1 aromatic carbocycles. The quantitative estimate of drug-likeness (QED) is 0.852. The summed E-state index contributed by atoms with van der Waals surface area (Å²) in [7, 11) is 0. The highest BCUT2D eigenvalue weighted by molar-refractivity contribution is 5.65. The summed E-state index contributed by atoms with van der Waals surface area (Å²) in [5.41, 5.74) is 6.51. The van der Waals surface area contributed by atoms with Gasteiger partial charge in [-0.2, -0.15) is 0 Å². The first-order chi connectivity index (χ1) is 7.58. The van der Waals surface area contributed by atoms with Gasteiger partial charge < -0.3 is 10.3 Å². The van der Waals surface area contributed by atoms with Crippen LogP contribution in [0.3, 0.4) is 0 Å². The summed E-state index contributed by atoms with van der Waals surface area (Å²) in [6.45, 7) is 1.82. The highest BCUT2D eigenvalue weighted by atomic mass is 19.3. The SMILES string of the molecule is Cc1ccc(C(F)F)c(-c2cc(N)no2)c1. The molecule has 3 nitrogen and oxygen atoms in total. The van der Waals surface area contributed by atoms with Gasteiger partial charge in [-0.25, -0.2) is 8.78 Å². The number of alkyl halides is 2. The third kappa shape index (κ3) is 1.88. The maximum Gasteiger partial charge on any atom is 0.264 e. The predicted octanol–water partition coefficient (Wildman–Crippen LogP) is 3.17. The summed E-state index contributed by atoms with van der Waals surface area (Å²) in [6.07, 6.45) is -2.55. The van der Waals surface area contributed by atoms with Crippen LogP contribution in [0.25, 0.3) is 11.3 Å². The molecule has 0 saturated heterocycles. The van der Waals surface area contributed by atoms with Gasteiger partial charge in [0.05, 0.1) is 0 Å². The first-order valence-electron chi connectivity index (χ1n) is 4.69. The molecule has 2 rings (SSSR count). The summed E-state index contributed by atoms with van der Waals surface area (Å²) in [4.78, 5) is 0. The molecule has 0 atom stereocenters. The first-order valence-corrected chi connectivity index (χ1v) is 4.69. The minimum Gasteiger partial charge on any atom is -0.381 e. The van der Waals surface area contributed by atoms with Gasteiger partial charge in [0.1, 0.15) is 0 Å². The number of benzene rings is 1. The summed E-state index contributed by atoms with van der Waals surface area (Å²) in [6, 6.07) is 6.07. The number of nitrogens with two attached hydrogens (primary N) is 1. The summed E-state index contributed by atoms with van der Waals surface area (Å²) in [5, 5.41) is 3.48. The van der Waals surface area contributed by atoms with E-state index in [0.29, 0.717) is 5.56 Å². The molecule has 0 saturated carbocycles. The zero-order chi connectivity index (χ0) is 11.7. The molecule has 0 aliphatic heterocycles. The van der Waals surface area contributed by atoms with Crippen molar-refractivity contribution in [3.63, 3.8) is 0 Å². The molecular formula is C11H10F2N2O. The zero-order valence-electron chi connectivity index (χ0n) is 8.58. The Bertz CT molecular complexity index is 508. The van der Waals surface area contributed by atoms with Crippen LogP contribution in [-0.2, 0) is 0 Å². The number of nitrogen functional groups attached to an aromatic ring is 1. The summed E-state index contributed by atoms with van der Waals surface area (Å²) in [5.74, 6) is 0.438. The van der Waals surface area contributed by atoms with E-state index in [1.165, 1.54) is 12.1 Å². The molecule has 2 aromatic rings. The highest BCUT2D eigenvalue weighted by Gasteiger charge is 2.17. The number of hydrogen-bond acceptors (Lipinski definition) is 3. The van der Waals surface area contributed by atoms with Crippen molar-refractivity contribution in [3.05, 3.63) is 35.4 Å². The average Bonchev–Trinajstić information content (AvgIpc) is 2.64. The number of nitrogens with zero attached hydrogens (tertiary/aromatic N) is 1. The van der Waals surface area contributed by atoms with Gasteiger partial charge >= 0.3 is 0 Å². The lowest BCUT2D eigenvalue weighted by Crippen LogP contribution is -1.90. The van der Waals surface area contributed by atoms with Crippen LogP contribution in [0.5, 0.6) is 0 Å². The van der Waals surface area contributed by atoms with Crippen LogP contribution in [0.2, 0.25) is 0 Å². The fourth-order valence-corrected chi connectivity index (χ4v) is 1.49. The number of halogens is 2. The maximum absolute atomic E-state index is 12.8. The summed E-state index contributed by atoms with van der Waals surface area (Å²) < 4.78 is 30.4. The molecule has 16 heavy (non-hydrogen) atoms. The van der Waals surface area contributed by atoms with Crippen molar-refractivity contribution in [3.8, 4) is 11.3 Å². The van der Waals surface area contributed by atoms with Crippen LogP contribution in [-0.4, -0.2) is 5.16 Å². The van der Waals surface area contributed by atoms with Gasteiger partial charge in [-0.05, 0) is 13.0 Å². The van der Waals surface area contributed by atoms with E-state index >= 15 is 0 Å². The van der Waals surface area contributed by atoms with E-state index in [1.807, 2.05) is 6.92 Å². The number of rotatable bonds is 2. The van der Waals surface area contributed by atoms with Crippen molar-refractivity contribution in [1.82, 2.24) is 5.16 Å². The van der Waals surface area contributed by atoms with Crippen LogP contribution in [0, 0.1) is 6.92 Å². The van der Waals surface area contributed by atoms with Crippen molar-refractivity contribution < 1.29 is 13.3 Å². The number of hydrogen-bond donors (Lipinski definition) is 1. The lowest BCUT2D eigenvalue weighted by molar-refractivity contribution is 0.152. The second-order valence-electron chi connectivity index (χ2n) is 3.51. The molecule has 0 fully saturated rings. The average molecular weight is 224 g/mol. The minimum atomic E-state index is -2.55. The molecule has 0 spiro atoms. The lowest BCUT2D eigenvalue weighted by atomic mass is 10.0. The monoisotopic (exact) mass is 224 g/mol. The van der Waals surface area contributed by atoms with E-state index in [0.717, 1.165) is 5.56 Å². The smallest absolute Gasteiger partial charge is 0.264 e. The van der Waals surface area contributed by atoms with Crippen molar-refractivity contribution in [2.24, 2.45) is 0 Å². The third-order valence-electron chi connectivity index (χ3n) is 2.24. The molecule has 0 amide bonds. The van der Waals surface area contributed by atoms with Crippen LogP contribution in [0.1, 0.15) is 17.6 Å². The van der Waals surface area contributed by atoms with E-state index < -0.39 is 6.43 Å². The van der Waals surface area contributed by atoms with Crippen LogP contribution < -0.4 is 5.73 Å². The Balaban J connectivity index is 2.57. The topological polar surface area (TPSA) is 52.0 Å². The molecule has 1 heterocycles. The molecule has 2 N–H and O–H groups in total. The largest absolute Gasteiger partial charge is 0.381 e. The molecular weight excluding hydrogens is 214 g/mol. The van der Waals surface area contributed by atoms with E-state index in [2.05, 4.69) is 5.16 Å². The van der Waals surface area contributed by atoms with Gasteiger partial charge in [0.25, 0.3) is 6.43 Å².